The number of rotatable bonds is 10. The van der Waals surface area contributed by atoms with E-state index >= 15 is 0 Å². The van der Waals surface area contributed by atoms with Crippen molar-refractivity contribution in [3.63, 3.8) is 0 Å². The van der Waals surface area contributed by atoms with Crippen LogP contribution < -0.4 is 0 Å². The summed E-state index contributed by atoms with van der Waals surface area (Å²) in [5, 5.41) is 0. The summed E-state index contributed by atoms with van der Waals surface area (Å²) in [6.07, 6.45) is 13.6. The highest BCUT2D eigenvalue weighted by Gasteiger charge is 2.22. The molecule has 0 radical (unpaired) electrons. The summed E-state index contributed by atoms with van der Waals surface area (Å²) in [6, 6.07) is 17.8. The number of hydrogen-bond donors (Lipinski definition) is 0. The number of unbranched alkanes of at least 4 members (excludes halogenated alkanes) is 4. The first kappa shape index (κ1) is 22.0. The van der Waals surface area contributed by atoms with Crippen molar-refractivity contribution in [1.29, 1.82) is 0 Å². The molecule has 0 heterocycles. The van der Waals surface area contributed by atoms with E-state index in [1.807, 2.05) is 42.5 Å². The van der Waals surface area contributed by atoms with E-state index in [2.05, 4.69) is 19.1 Å². The Hall–Kier alpha value is -1.74. The molecule has 3 rings (SSSR count). The van der Waals surface area contributed by atoms with Gasteiger partial charge in [0.25, 0.3) is 0 Å². The lowest BCUT2D eigenvalue weighted by molar-refractivity contribution is 0.0768. The van der Waals surface area contributed by atoms with Crippen LogP contribution in [0.3, 0.4) is 0 Å². The van der Waals surface area contributed by atoms with E-state index in [0.717, 1.165) is 22.9 Å². The Balaban J connectivity index is 1.40. The average Bonchev–Trinajstić information content (AvgIpc) is 2.78. The molecule has 1 saturated carbocycles. The third-order valence-electron chi connectivity index (χ3n) is 6.14. The second-order valence-corrected chi connectivity index (χ2v) is 9.11. The molecule has 3 heteroatoms. The zero-order valence-corrected chi connectivity index (χ0v) is 18.5. The highest BCUT2D eigenvalue weighted by molar-refractivity contribution is 7.95. The van der Waals surface area contributed by atoms with Crippen LogP contribution in [0.1, 0.15) is 93.0 Å². The predicted molar refractivity (Wildman–Crippen MR) is 122 cm³/mol. The maximum atomic E-state index is 12.3. The fourth-order valence-corrected chi connectivity index (χ4v) is 4.86. The van der Waals surface area contributed by atoms with Crippen molar-refractivity contribution in [3.05, 3.63) is 65.7 Å². The van der Waals surface area contributed by atoms with Gasteiger partial charge in [0.15, 0.2) is 0 Å². The van der Waals surface area contributed by atoms with Gasteiger partial charge in [0, 0.05) is 4.90 Å². The van der Waals surface area contributed by atoms with E-state index in [1.54, 1.807) is 0 Å². The first-order chi connectivity index (χ1) is 14.3. The molecule has 2 nitrogen and oxygen atoms in total. The van der Waals surface area contributed by atoms with Crippen LogP contribution in [0.25, 0.3) is 0 Å². The maximum Gasteiger partial charge on any atom is 0.350 e. The monoisotopic (exact) mass is 410 g/mol. The minimum absolute atomic E-state index is 0.280. The smallest absolute Gasteiger partial charge is 0.350 e. The summed E-state index contributed by atoms with van der Waals surface area (Å²) in [6.45, 7) is 2.28. The Bertz CT molecular complexity index is 718. The molecular formula is C26H34O2S. The zero-order valence-electron chi connectivity index (χ0n) is 17.6. The van der Waals surface area contributed by atoms with Crippen molar-refractivity contribution in [2.24, 2.45) is 5.92 Å². The van der Waals surface area contributed by atoms with Crippen molar-refractivity contribution in [3.8, 4) is 0 Å². The van der Waals surface area contributed by atoms with E-state index in [0.29, 0.717) is 11.5 Å². The molecule has 29 heavy (non-hydrogen) atoms. The minimum atomic E-state index is -0.280. The Morgan fingerprint density at radius 3 is 2.28 bits per heavy atom. The molecule has 2 aromatic rings. The molecule has 0 N–H and O–H groups in total. The molecule has 0 saturated heterocycles. The molecule has 1 aliphatic carbocycles. The lowest BCUT2D eigenvalue weighted by Gasteiger charge is -2.29. The number of benzene rings is 2. The second kappa shape index (κ2) is 12.1. The van der Waals surface area contributed by atoms with Gasteiger partial charge in [0.1, 0.15) is 0 Å². The van der Waals surface area contributed by atoms with Gasteiger partial charge in [0.05, 0.1) is 17.6 Å². The Morgan fingerprint density at radius 2 is 1.59 bits per heavy atom. The van der Waals surface area contributed by atoms with Crippen LogP contribution in [0, 0.1) is 5.92 Å². The van der Waals surface area contributed by atoms with E-state index in [9.17, 15) is 4.79 Å². The number of carbonyl (C=O) groups excluding carboxylic acids is 1. The molecular weight excluding hydrogens is 376 g/mol. The van der Waals surface area contributed by atoms with Gasteiger partial charge in [-0.2, -0.15) is 0 Å². The van der Waals surface area contributed by atoms with Gasteiger partial charge in [-0.1, -0.05) is 75.8 Å². The van der Waals surface area contributed by atoms with Gasteiger partial charge in [-0.25, -0.2) is 4.79 Å². The average molecular weight is 411 g/mol. The molecule has 0 amide bonds. The standard InChI is InChI=1S/C26H34O2S/c1-2-3-4-5-7-10-21-13-15-22(16-14-21)23-17-19-24(20-18-23)26(27)28-29-25-11-8-6-9-12-25/h6,8-9,11-12,17-22H,2-5,7,10,13-16H2,1H3. The molecule has 0 bridgehead atoms. The molecule has 0 unspecified atom stereocenters. The summed E-state index contributed by atoms with van der Waals surface area (Å²) in [5.41, 5.74) is 2.00. The van der Waals surface area contributed by atoms with Gasteiger partial charge in [0.2, 0.25) is 0 Å². The van der Waals surface area contributed by atoms with Crippen LogP contribution in [0.15, 0.2) is 59.5 Å². The summed E-state index contributed by atoms with van der Waals surface area (Å²) in [4.78, 5) is 13.2. The fraction of sp³-hybridized carbons (Fsp3) is 0.500. The quantitative estimate of drug-likeness (QED) is 0.292. The molecule has 0 aromatic heterocycles. The van der Waals surface area contributed by atoms with Crippen LogP contribution in [-0.4, -0.2) is 5.97 Å². The van der Waals surface area contributed by atoms with E-state index in [-0.39, 0.29) is 5.97 Å². The molecule has 2 aromatic carbocycles. The van der Waals surface area contributed by atoms with Gasteiger partial charge in [-0.15, -0.1) is 0 Å². The van der Waals surface area contributed by atoms with Crippen molar-refractivity contribution in [1.82, 2.24) is 0 Å². The third-order valence-corrected chi connectivity index (χ3v) is 6.84. The van der Waals surface area contributed by atoms with Gasteiger partial charge in [-0.05, 0) is 67.3 Å². The highest BCUT2D eigenvalue weighted by atomic mass is 32.2. The maximum absolute atomic E-state index is 12.3. The highest BCUT2D eigenvalue weighted by Crippen LogP contribution is 2.38. The largest absolute Gasteiger partial charge is 0.382 e. The molecule has 0 aliphatic heterocycles. The minimum Gasteiger partial charge on any atom is -0.382 e. The first-order valence-corrected chi connectivity index (χ1v) is 12.0. The lowest BCUT2D eigenvalue weighted by Crippen LogP contribution is -2.13. The second-order valence-electron chi connectivity index (χ2n) is 8.31. The Labute approximate surface area is 180 Å². The molecule has 156 valence electrons. The number of hydrogen-bond acceptors (Lipinski definition) is 3. The molecule has 1 fully saturated rings. The fourth-order valence-electron chi connectivity index (χ4n) is 4.32. The van der Waals surface area contributed by atoms with Gasteiger partial charge in [-0.3, -0.25) is 0 Å². The number of carbonyl (C=O) groups is 1. The zero-order chi connectivity index (χ0) is 20.3. The first-order valence-electron chi connectivity index (χ1n) is 11.3. The van der Waals surface area contributed by atoms with Crippen LogP contribution in [-0.2, 0) is 4.18 Å². The summed E-state index contributed by atoms with van der Waals surface area (Å²) in [7, 11) is 0. The van der Waals surface area contributed by atoms with E-state index in [4.69, 9.17) is 4.18 Å². The third kappa shape index (κ3) is 7.22. The van der Waals surface area contributed by atoms with Crippen LogP contribution in [0.4, 0.5) is 0 Å². The summed E-state index contributed by atoms with van der Waals surface area (Å²) in [5.74, 6) is 1.30. The summed E-state index contributed by atoms with van der Waals surface area (Å²) < 4.78 is 5.35. The summed E-state index contributed by atoms with van der Waals surface area (Å²) >= 11 is 1.12. The normalized spacial score (nSPS) is 19.1. The topological polar surface area (TPSA) is 26.3 Å². The lowest BCUT2D eigenvalue weighted by atomic mass is 9.77. The van der Waals surface area contributed by atoms with E-state index in [1.165, 1.54) is 69.8 Å². The van der Waals surface area contributed by atoms with Crippen molar-refractivity contribution in [2.75, 3.05) is 0 Å². The van der Waals surface area contributed by atoms with Crippen molar-refractivity contribution >= 4 is 18.0 Å². The SMILES string of the molecule is CCCCCCCC1CCC(c2ccc(C(=O)OSc3ccccc3)cc2)CC1. The van der Waals surface area contributed by atoms with Crippen LogP contribution in [0.2, 0.25) is 0 Å². The van der Waals surface area contributed by atoms with Crippen LogP contribution >= 0.6 is 12.0 Å². The Kier molecular flexibility index (Phi) is 9.14. The van der Waals surface area contributed by atoms with Crippen LogP contribution in [0.5, 0.6) is 0 Å². The molecule has 1 aliphatic rings. The Morgan fingerprint density at radius 1 is 0.897 bits per heavy atom. The van der Waals surface area contributed by atoms with Gasteiger partial charge < -0.3 is 4.18 Å². The molecule has 0 spiro atoms. The van der Waals surface area contributed by atoms with Gasteiger partial charge >= 0.3 is 5.97 Å². The van der Waals surface area contributed by atoms with Crippen molar-refractivity contribution in [2.45, 2.75) is 81.9 Å². The van der Waals surface area contributed by atoms with Crippen molar-refractivity contribution < 1.29 is 8.98 Å². The predicted octanol–water partition coefficient (Wildman–Crippen LogP) is 8.19. The molecule has 0 atom stereocenters. The van der Waals surface area contributed by atoms with E-state index < -0.39 is 0 Å².